The lowest BCUT2D eigenvalue weighted by atomic mass is 9.45. The summed E-state index contributed by atoms with van der Waals surface area (Å²) in [5.41, 5.74) is 10.6. The smallest absolute Gasteiger partial charge is 0.0133 e. The van der Waals surface area contributed by atoms with E-state index in [0.29, 0.717) is 5.41 Å². The second kappa shape index (κ2) is 4.59. The summed E-state index contributed by atoms with van der Waals surface area (Å²) in [7, 11) is 0. The SMILES string of the molecule is CCC1(C)Cc2c(C)c3c(c(C)c21)CC3(C)C(C)(C)C(C)(C)S. The quantitative estimate of drug-likeness (QED) is 0.638. The molecular weight excluding hydrogens is 296 g/mol. The molecule has 2 unspecified atom stereocenters. The maximum Gasteiger partial charge on any atom is 0.0133 e. The summed E-state index contributed by atoms with van der Waals surface area (Å²) < 4.78 is 0.000664. The molecule has 0 heterocycles. The highest BCUT2D eigenvalue weighted by Gasteiger charge is 2.57. The Labute approximate surface area is 148 Å². The monoisotopic (exact) mass is 330 g/mol. The molecule has 0 saturated heterocycles. The molecule has 0 fully saturated rings. The predicted molar refractivity (Wildman–Crippen MR) is 105 cm³/mol. The van der Waals surface area contributed by atoms with Gasteiger partial charge in [-0.15, -0.1) is 0 Å². The minimum Gasteiger partial charge on any atom is -0.172 e. The van der Waals surface area contributed by atoms with Crippen molar-refractivity contribution in [3.8, 4) is 0 Å². The molecule has 128 valence electrons. The van der Waals surface area contributed by atoms with Crippen LogP contribution in [0.4, 0.5) is 0 Å². The maximum absolute atomic E-state index is 4.97. The lowest BCUT2D eigenvalue weighted by Gasteiger charge is -2.60. The van der Waals surface area contributed by atoms with Crippen LogP contribution in [0.5, 0.6) is 0 Å². The van der Waals surface area contributed by atoms with E-state index in [1.165, 1.54) is 19.3 Å². The lowest BCUT2D eigenvalue weighted by Crippen LogP contribution is -2.57. The van der Waals surface area contributed by atoms with Gasteiger partial charge in [-0.25, -0.2) is 0 Å². The van der Waals surface area contributed by atoms with E-state index in [9.17, 15) is 0 Å². The van der Waals surface area contributed by atoms with Crippen LogP contribution in [0.15, 0.2) is 0 Å². The normalized spacial score (nSPS) is 29.5. The van der Waals surface area contributed by atoms with E-state index in [0.717, 1.165) is 0 Å². The zero-order chi connectivity index (χ0) is 17.6. The topological polar surface area (TPSA) is 0 Å². The molecule has 23 heavy (non-hydrogen) atoms. The number of hydrogen-bond acceptors (Lipinski definition) is 1. The van der Waals surface area contributed by atoms with Crippen LogP contribution in [0, 0.1) is 19.3 Å². The van der Waals surface area contributed by atoms with E-state index >= 15 is 0 Å². The highest BCUT2D eigenvalue weighted by molar-refractivity contribution is 7.81. The van der Waals surface area contributed by atoms with Gasteiger partial charge in [0.15, 0.2) is 0 Å². The first kappa shape index (κ1) is 17.4. The van der Waals surface area contributed by atoms with Crippen molar-refractivity contribution >= 4 is 12.6 Å². The fourth-order valence-electron chi connectivity index (χ4n) is 5.35. The van der Waals surface area contributed by atoms with Gasteiger partial charge >= 0.3 is 0 Å². The summed E-state index contributed by atoms with van der Waals surface area (Å²) >= 11 is 4.97. The summed E-state index contributed by atoms with van der Waals surface area (Å²) in [6.07, 6.45) is 3.73. The van der Waals surface area contributed by atoms with Crippen molar-refractivity contribution in [2.75, 3.05) is 0 Å². The van der Waals surface area contributed by atoms with Gasteiger partial charge in [-0.3, -0.25) is 0 Å². The Hall–Kier alpha value is -0.430. The molecule has 1 heteroatoms. The highest BCUT2D eigenvalue weighted by Crippen LogP contribution is 2.62. The molecule has 0 nitrogen and oxygen atoms in total. The van der Waals surface area contributed by atoms with Crippen LogP contribution >= 0.6 is 12.6 Å². The average Bonchev–Trinajstić information content (AvgIpc) is 2.38. The molecule has 2 aliphatic rings. The van der Waals surface area contributed by atoms with Crippen molar-refractivity contribution in [2.24, 2.45) is 5.41 Å². The Bertz CT molecular complexity index is 672. The van der Waals surface area contributed by atoms with Crippen molar-refractivity contribution in [3.63, 3.8) is 0 Å². The minimum atomic E-state index is 0.000664. The molecule has 1 aromatic rings. The van der Waals surface area contributed by atoms with E-state index in [2.05, 4.69) is 62.3 Å². The second-order valence-corrected chi connectivity index (χ2v) is 10.9. The maximum atomic E-state index is 4.97. The van der Waals surface area contributed by atoms with Crippen molar-refractivity contribution in [2.45, 2.75) is 97.2 Å². The van der Waals surface area contributed by atoms with Crippen LogP contribution in [0.3, 0.4) is 0 Å². The molecule has 0 aromatic heterocycles. The molecule has 2 aliphatic carbocycles. The predicted octanol–water partition coefficient (Wildman–Crippen LogP) is 6.08. The Balaban J connectivity index is 2.19. The summed E-state index contributed by atoms with van der Waals surface area (Å²) in [6.45, 7) is 21.4. The molecule has 0 N–H and O–H groups in total. The number of hydrogen-bond donors (Lipinski definition) is 1. The fourth-order valence-corrected chi connectivity index (χ4v) is 5.60. The van der Waals surface area contributed by atoms with Crippen molar-refractivity contribution in [3.05, 3.63) is 33.4 Å². The number of rotatable bonds is 3. The summed E-state index contributed by atoms with van der Waals surface area (Å²) in [4.78, 5) is 0. The zero-order valence-corrected chi connectivity index (χ0v) is 17.5. The van der Waals surface area contributed by atoms with Crippen LogP contribution in [0.25, 0.3) is 0 Å². The Kier molecular flexibility index (Phi) is 3.47. The van der Waals surface area contributed by atoms with Crippen LogP contribution in [-0.2, 0) is 23.7 Å². The molecule has 3 rings (SSSR count). The van der Waals surface area contributed by atoms with E-state index in [-0.39, 0.29) is 15.6 Å². The molecule has 1 aromatic carbocycles. The molecule has 0 aliphatic heterocycles. The van der Waals surface area contributed by atoms with Gasteiger partial charge in [0, 0.05) is 10.2 Å². The van der Waals surface area contributed by atoms with Crippen LogP contribution in [0.2, 0.25) is 0 Å². The highest BCUT2D eigenvalue weighted by atomic mass is 32.1. The van der Waals surface area contributed by atoms with Crippen molar-refractivity contribution in [1.29, 1.82) is 0 Å². The van der Waals surface area contributed by atoms with Gasteiger partial charge < -0.3 is 0 Å². The van der Waals surface area contributed by atoms with E-state index in [4.69, 9.17) is 12.6 Å². The fraction of sp³-hybridized carbons (Fsp3) is 0.727. The van der Waals surface area contributed by atoms with E-state index in [1.54, 1.807) is 33.4 Å². The van der Waals surface area contributed by atoms with Crippen LogP contribution in [0.1, 0.15) is 88.3 Å². The van der Waals surface area contributed by atoms with Gasteiger partial charge in [0.25, 0.3) is 0 Å². The van der Waals surface area contributed by atoms with Gasteiger partial charge in [0.2, 0.25) is 0 Å². The molecule has 0 saturated carbocycles. The molecule has 0 radical (unpaired) electrons. The van der Waals surface area contributed by atoms with Crippen LogP contribution in [-0.4, -0.2) is 4.75 Å². The summed E-state index contributed by atoms with van der Waals surface area (Å²) in [6, 6.07) is 0. The minimum absolute atomic E-state index is 0.000664. The first-order chi connectivity index (χ1) is 10.3. The standard InChI is InChI=1S/C22H34S/c1-10-21(8)11-15-14(3)18-16(13(2)17(15)21)12-22(18,9)19(4,5)20(6,7)23/h23H,10-12H2,1-9H3. The molecule has 0 spiro atoms. The number of benzene rings is 1. The van der Waals surface area contributed by atoms with Gasteiger partial charge in [-0.1, -0.05) is 48.5 Å². The van der Waals surface area contributed by atoms with Gasteiger partial charge in [-0.2, -0.15) is 12.6 Å². The largest absolute Gasteiger partial charge is 0.172 e. The summed E-state index contributed by atoms with van der Waals surface area (Å²) in [5, 5.41) is 0. The van der Waals surface area contributed by atoms with Gasteiger partial charge in [-0.05, 0) is 77.3 Å². The average molecular weight is 331 g/mol. The number of fused-ring (bicyclic) bond motifs is 2. The van der Waals surface area contributed by atoms with Crippen molar-refractivity contribution < 1.29 is 0 Å². The Morgan fingerprint density at radius 1 is 0.913 bits per heavy atom. The molecular formula is C22H34S. The summed E-state index contributed by atoms with van der Waals surface area (Å²) in [5.74, 6) is 0. The number of thiol groups is 1. The first-order valence-corrected chi connectivity index (χ1v) is 9.65. The first-order valence-electron chi connectivity index (χ1n) is 9.20. The second-order valence-electron chi connectivity index (χ2n) is 9.74. The van der Waals surface area contributed by atoms with Gasteiger partial charge in [0.05, 0.1) is 0 Å². The Morgan fingerprint density at radius 2 is 1.39 bits per heavy atom. The van der Waals surface area contributed by atoms with Gasteiger partial charge in [0.1, 0.15) is 0 Å². The molecule has 0 amide bonds. The third-order valence-electron chi connectivity index (χ3n) is 8.20. The van der Waals surface area contributed by atoms with E-state index < -0.39 is 0 Å². The van der Waals surface area contributed by atoms with Crippen molar-refractivity contribution in [1.82, 2.24) is 0 Å². The lowest BCUT2D eigenvalue weighted by molar-refractivity contribution is 0.109. The van der Waals surface area contributed by atoms with E-state index in [1.807, 2.05) is 0 Å². The Morgan fingerprint density at radius 3 is 1.87 bits per heavy atom. The van der Waals surface area contributed by atoms with Crippen LogP contribution < -0.4 is 0 Å². The third-order valence-corrected chi connectivity index (χ3v) is 8.76. The molecule has 2 atom stereocenters. The molecule has 0 bridgehead atoms. The zero-order valence-electron chi connectivity index (χ0n) is 16.6. The third kappa shape index (κ3) is 1.86.